The third-order valence-electron chi connectivity index (χ3n) is 6.10. The molecule has 26 heavy (non-hydrogen) atoms. The molecule has 2 fully saturated rings. The number of rotatable bonds is 8. The second-order valence-electron chi connectivity index (χ2n) is 7.53. The number of nitrogens with one attached hydrogen (secondary N) is 2. The van der Waals surface area contributed by atoms with Gasteiger partial charge in [0.1, 0.15) is 5.75 Å². The van der Waals surface area contributed by atoms with E-state index in [0.717, 1.165) is 24.3 Å². The highest BCUT2D eigenvalue weighted by Gasteiger charge is 2.55. The molecule has 2 aliphatic carbocycles. The second-order valence-corrected chi connectivity index (χ2v) is 7.53. The number of methoxy groups -OCH3 is 1. The largest absolute Gasteiger partial charge is 0.497 e. The first-order valence-corrected chi connectivity index (χ1v) is 9.92. The minimum atomic E-state index is 0.0478. The lowest BCUT2D eigenvalue weighted by Gasteiger charge is -2.58. The van der Waals surface area contributed by atoms with Gasteiger partial charge in [-0.25, -0.2) is 0 Å². The van der Waals surface area contributed by atoms with E-state index in [9.17, 15) is 4.79 Å². The summed E-state index contributed by atoms with van der Waals surface area (Å²) in [6.07, 6.45) is 7.74. The zero-order chi connectivity index (χ0) is 18.4. The van der Waals surface area contributed by atoms with Crippen molar-refractivity contribution in [3.8, 4) is 5.75 Å². The van der Waals surface area contributed by atoms with Crippen molar-refractivity contribution in [3.63, 3.8) is 0 Å². The zero-order valence-corrected chi connectivity index (χ0v) is 16.1. The van der Waals surface area contributed by atoms with Gasteiger partial charge in [-0.15, -0.1) is 0 Å². The van der Waals surface area contributed by atoms with Crippen molar-refractivity contribution in [3.05, 3.63) is 29.8 Å². The maximum Gasteiger partial charge on any atom is 0.234 e. The molecule has 1 spiro atoms. The summed E-state index contributed by atoms with van der Waals surface area (Å²) in [4.78, 5) is 12.2. The Labute approximate surface area is 156 Å². The van der Waals surface area contributed by atoms with Gasteiger partial charge in [-0.3, -0.25) is 4.79 Å². The van der Waals surface area contributed by atoms with E-state index >= 15 is 0 Å². The van der Waals surface area contributed by atoms with Crippen LogP contribution in [0.1, 0.15) is 51.0 Å². The summed E-state index contributed by atoms with van der Waals surface area (Å²) in [5, 5.41) is 6.50. The number of carbonyl (C=O) groups is 1. The second kappa shape index (κ2) is 8.87. The highest BCUT2D eigenvalue weighted by molar-refractivity contribution is 5.78. The molecular weight excluding hydrogens is 328 g/mol. The monoisotopic (exact) mass is 360 g/mol. The summed E-state index contributed by atoms with van der Waals surface area (Å²) < 4.78 is 11.1. The fourth-order valence-corrected chi connectivity index (χ4v) is 4.57. The maximum atomic E-state index is 12.2. The van der Waals surface area contributed by atoms with Crippen molar-refractivity contribution in [2.45, 2.75) is 64.1 Å². The molecule has 0 heterocycles. The van der Waals surface area contributed by atoms with Crippen LogP contribution >= 0.6 is 0 Å². The lowest BCUT2D eigenvalue weighted by atomic mass is 9.55. The SMILES string of the molecule is CCO[C@@H]1C[C@@H](NCC(=O)NCc2ccc(OC)cc2)C12CCCCC2. The summed E-state index contributed by atoms with van der Waals surface area (Å²) >= 11 is 0. The Morgan fingerprint density at radius 1 is 1.19 bits per heavy atom. The van der Waals surface area contributed by atoms with Crippen LogP contribution in [0.2, 0.25) is 0 Å². The van der Waals surface area contributed by atoms with Gasteiger partial charge in [0.15, 0.2) is 0 Å². The smallest absolute Gasteiger partial charge is 0.234 e. The summed E-state index contributed by atoms with van der Waals surface area (Å²) in [7, 11) is 1.65. The van der Waals surface area contributed by atoms with Crippen LogP contribution in [-0.4, -0.2) is 38.3 Å². The third kappa shape index (κ3) is 4.21. The summed E-state index contributed by atoms with van der Waals surface area (Å²) in [5.41, 5.74) is 1.33. The number of ether oxygens (including phenoxy) is 2. The van der Waals surface area contributed by atoms with Crippen molar-refractivity contribution in [1.82, 2.24) is 10.6 Å². The molecule has 0 unspecified atom stereocenters. The highest BCUT2D eigenvalue weighted by Crippen LogP contribution is 2.53. The Morgan fingerprint density at radius 3 is 2.58 bits per heavy atom. The van der Waals surface area contributed by atoms with Gasteiger partial charge in [0.25, 0.3) is 0 Å². The Hall–Kier alpha value is -1.59. The molecule has 3 rings (SSSR count). The van der Waals surface area contributed by atoms with E-state index in [2.05, 4.69) is 17.6 Å². The van der Waals surface area contributed by atoms with Gasteiger partial charge >= 0.3 is 0 Å². The highest BCUT2D eigenvalue weighted by atomic mass is 16.5. The molecule has 2 atom stereocenters. The first kappa shape index (κ1) is 19.2. The first-order chi connectivity index (χ1) is 12.7. The normalized spacial score (nSPS) is 24.1. The summed E-state index contributed by atoms with van der Waals surface area (Å²) in [6, 6.07) is 8.18. The van der Waals surface area contributed by atoms with Gasteiger partial charge in [-0.1, -0.05) is 31.4 Å². The molecule has 2 saturated carbocycles. The first-order valence-electron chi connectivity index (χ1n) is 9.92. The molecule has 5 nitrogen and oxygen atoms in total. The molecule has 0 saturated heterocycles. The van der Waals surface area contributed by atoms with E-state index in [0.29, 0.717) is 25.2 Å². The van der Waals surface area contributed by atoms with Gasteiger partial charge in [-0.2, -0.15) is 0 Å². The van der Waals surface area contributed by atoms with Crippen LogP contribution in [0.4, 0.5) is 0 Å². The molecule has 0 aromatic heterocycles. The molecule has 0 radical (unpaired) electrons. The number of hydrogen-bond donors (Lipinski definition) is 2. The molecule has 144 valence electrons. The zero-order valence-electron chi connectivity index (χ0n) is 16.1. The number of amides is 1. The number of carbonyl (C=O) groups excluding carboxylic acids is 1. The van der Waals surface area contributed by atoms with Crippen molar-refractivity contribution in [2.24, 2.45) is 5.41 Å². The Balaban J connectivity index is 1.44. The fourth-order valence-electron chi connectivity index (χ4n) is 4.57. The van der Waals surface area contributed by atoms with E-state index in [1.165, 1.54) is 32.1 Å². The molecule has 1 amide bonds. The van der Waals surface area contributed by atoms with E-state index in [1.54, 1.807) is 7.11 Å². The van der Waals surface area contributed by atoms with Crippen LogP contribution in [-0.2, 0) is 16.1 Å². The molecule has 1 aromatic carbocycles. The van der Waals surface area contributed by atoms with Gasteiger partial charge in [0.05, 0.1) is 19.8 Å². The van der Waals surface area contributed by atoms with Crippen molar-refractivity contribution >= 4 is 5.91 Å². The van der Waals surface area contributed by atoms with Gasteiger partial charge in [-0.05, 0) is 43.9 Å². The third-order valence-corrected chi connectivity index (χ3v) is 6.10. The number of hydrogen-bond acceptors (Lipinski definition) is 4. The van der Waals surface area contributed by atoms with E-state index in [1.807, 2.05) is 24.3 Å². The topological polar surface area (TPSA) is 59.6 Å². The van der Waals surface area contributed by atoms with Gasteiger partial charge < -0.3 is 20.1 Å². The molecule has 5 heteroatoms. The Morgan fingerprint density at radius 2 is 1.92 bits per heavy atom. The standard InChI is InChI=1S/C21H32N2O3/c1-3-26-19-13-18(21(19)11-5-4-6-12-21)22-15-20(24)23-14-16-7-9-17(25-2)10-8-16/h7-10,18-19,22H,3-6,11-15H2,1-2H3,(H,23,24)/t18-,19-/m1/s1. The lowest BCUT2D eigenvalue weighted by molar-refractivity contribution is -0.151. The summed E-state index contributed by atoms with van der Waals surface area (Å²) in [5.74, 6) is 0.875. The molecule has 0 aliphatic heterocycles. The average Bonchev–Trinajstić information content (AvgIpc) is 2.69. The average molecular weight is 360 g/mol. The molecule has 2 N–H and O–H groups in total. The lowest BCUT2D eigenvalue weighted by Crippen LogP contribution is -2.65. The summed E-state index contributed by atoms with van der Waals surface area (Å²) in [6.45, 7) is 3.77. The van der Waals surface area contributed by atoms with Gasteiger partial charge in [0.2, 0.25) is 5.91 Å². The van der Waals surface area contributed by atoms with Crippen molar-refractivity contribution in [1.29, 1.82) is 0 Å². The van der Waals surface area contributed by atoms with E-state index < -0.39 is 0 Å². The van der Waals surface area contributed by atoms with Crippen molar-refractivity contribution in [2.75, 3.05) is 20.3 Å². The molecular formula is C21H32N2O3. The van der Waals surface area contributed by atoms with Crippen LogP contribution in [0, 0.1) is 5.41 Å². The van der Waals surface area contributed by atoms with Crippen LogP contribution in [0.15, 0.2) is 24.3 Å². The predicted octanol–water partition coefficient (Wildman–Crippen LogP) is 3.03. The Kier molecular flexibility index (Phi) is 6.54. The molecule has 2 aliphatic rings. The fraction of sp³-hybridized carbons (Fsp3) is 0.667. The molecule has 1 aromatic rings. The van der Waals surface area contributed by atoms with E-state index in [-0.39, 0.29) is 11.3 Å². The predicted molar refractivity (Wildman–Crippen MR) is 102 cm³/mol. The van der Waals surface area contributed by atoms with Gasteiger partial charge in [0, 0.05) is 24.6 Å². The van der Waals surface area contributed by atoms with Crippen LogP contribution in [0.25, 0.3) is 0 Å². The van der Waals surface area contributed by atoms with Crippen LogP contribution in [0.5, 0.6) is 5.75 Å². The van der Waals surface area contributed by atoms with Crippen molar-refractivity contribution < 1.29 is 14.3 Å². The molecule has 0 bridgehead atoms. The number of benzene rings is 1. The minimum Gasteiger partial charge on any atom is -0.497 e. The minimum absolute atomic E-state index is 0.0478. The van der Waals surface area contributed by atoms with E-state index in [4.69, 9.17) is 9.47 Å². The van der Waals surface area contributed by atoms with Crippen LogP contribution < -0.4 is 15.4 Å². The van der Waals surface area contributed by atoms with Crippen LogP contribution in [0.3, 0.4) is 0 Å². The maximum absolute atomic E-state index is 12.2. The quantitative estimate of drug-likeness (QED) is 0.748. The Bertz CT molecular complexity index is 581.